The molecule has 1 fully saturated rings. The molecule has 1 N–H and O–H groups in total. The third-order valence-electron chi connectivity index (χ3n) is 6.45. The number of piperazine rings is 1. The molecule has 0 aliphatic carbocycles. The van der Waals surface area contributed by atoms with Crippen LogP contribution >= 0.6 is 0 Å². The highest BCUT2D eigenvalue weighted by molar-refractivity contribution is 6.14. The van der Waals surface area contributed by atoms with Gasteiger partial charge in [0.25, 0.3) is 5.91 Å². The number of pyridine rings is 1. The lowest BCUT2D eigenvalue weighted by molar-refractivity contribution is 0.0240. The van der Waals surface area contributed by atoms with E-state index in [2.05, 4.69) is 26.9 Å². The monoisotopic (exact) mass is 533 g/mol. The van der Waals surface area contributed by atoms with Crippen LogP contribution in [0.3, 0.4) is 0 Å². The van der Waals surface area contributed by atoms with E-state index in [0.29, 0.717) is 54.3 Å². The van der Waals surface area contributed by atoms with Crippen molar-refractivity contribution in [2.45, 2.75) is 40.2 Å². The molecule has 204 valence electrons. The van der Waals surface area contributed by atoms with Crippen LogP contribution < -0.4 is 10.2 Å². The summed E-state index contributed by atoms with van der Waals surface area (Å²) in [5.41, 5.74) is 3.07. The molecule has 3 aromatic heterocycles. The third-order valence-corrected chi connectivity index (χ3v) is 6.45. The Kier molecular flexibility index (Phi) is 6.53. The van der Waals surface area contributed by atoms with E-state index in [9.17, 15) is 14.0 Å². The van der Waals surface area contributed by atoms with Crippen LogP contribution in [0.25, 0.3) is 22.2 Å². The summed E-state index contributed by atoms with van der Waals surface area (Å²) in [7, 11) is 0. The first kappa shape index (κ1) is 26.2. The van der Waals surface area contributed by atoms with Crippen molar-refractivity contribution in [3.63, 3.8) is 0 Å². The molecule has 0 spiro atoms. The molecule has 4 aromatic rings. The second kappa shape index (κ2) is 9.72. The lowest BCUT2D eigenvalue weighted by Crippen LogP contribution is -2.50. The first-order valence-corrected chi connectivity index (χ1v) is 12.8. The highest BCUT2D eigenvalue weighted by atomic mass is 19.1. The van der Waals surface area contributed by atoms with Crippen LogP contribution in [0.1, 0.15) is 43.7 Å². The molecule has 1 aliphatic heterocycles. The first-order chi connectivity index (χ1) is 18.4. The number of rotatable bonds is 4. The maximum atomic E-state index is 14.6. The minimum atomic E-state index is -0.552. The second-order valence-electron chi connectivity index (χ2n) is 10.8. The number of hydrogen-bond donors (Lipinski definition) is 1. The number of anilines is 2. The zero-order valence-electron chi connectivity index (χ0n) is 22.8. The molecule has 11 heteroatoms. The smallest absolute Gasteiger partial charge is 0.410 e. The molecule has 39 heavy (non-hydrogen) atoms. The molecule has 1 aliphatic rings. The summed E-state index contributed by atoms with van der Waals surface area (Å²) in [6, 6.07) is 4.86. The van der Waals surface area contributed by atoms with Gasteiger partial charge in [0, 0.05) is 67.6 Å². The molecule has 0 atom stereocenters. The summed E-state index contributed by atoms with van der Waals surface area (Å²) in [4.78, 5) is 33.9. The number of nitrogens with one attached hydrogen (secondary N) is 1. The largest absolute Gasteiger partial charge is 0.444 e. The normalized spacial score (nSPS) is 14.2. The molecular formula is C28H32FN7O3. The minimum Gasteiger partial charge on any atom is -0.444 e. The number of fused-ring (bicyclic) bond motifs is 2. The number of aromatic nitrogens is 4. The van der Waals surface area contributed by atoms with Gasteiger partial charge in [-0.3, -0.25) is 4.79 Å². The van der Waals surface area contributed by atoms with Gasteiger partial charge in [-0.25, -0.2) is 18.9 Å². The molecule has 5 rings (SSSR count). The van der Waals surface area contributed by atoms with Crippen molar-refractivity contribution < 1.29 is 18.7 Å². The Morgan fingerprint density at radius 2 is 1.82 bits per heavy atom. The third kappa shape index (κ3) is 5.29. The van der Waals surface area contributed by atoms with Gasteiger partial charge in [0.15, 0.2) is 11.5 Å². The maximum Gasteiger partial charge on any atom is 0.410 e. The number of aryl methyl sites for hydroxylation is 1. The number of hydrogen-bond acceptors (Lipinski definition) is 6. The predicted octanol–water partition coefficient (Wildman–Crippen LogP) is 4.93. The van der Waals surface area contributed by atoms with E-state index in [1.165, 1.54) is 6.07 Å². The Labute approximate surface area is 225 Å². The number of nitrogens with zero attached hydrogens (tertiary/aromatic N) is 6. The van der Waals surface area contributed by atoms with Crippen molar-refractivity contribution in [2.75, 3.05) is 36.4 Å². The van der Waals surface area contributed by atoms with E-state index in [0.717, 1.165) is 11.1 Å². The number of halogens is 1. The fourth-order valence-corrected chi connectivity index (χ4v) is 4.65. The summed E-state index contributed by atoms with van der Waals surface area (Å²) < 4.78 is 23.3. The number of carbonyl (C=O) groups excluding carboxylic acids is 2. The number of imidazole rings is 1. The van der Waals surface area contributed by atoms with E-state index < -0.39 is 17.3 Å². The molecule has 0 bridgehead atoms. The van der Waals surface area contributed by atoms with Crippen molar-refractivity contribution in [3.05, 3.63) is 60.4 Å². The van der Waals surface area contributed by atoms with Gasteiger partial charge in [-0.05, 0) is 46.8 Å². The standard InChI is InChI=1S/C28H32FN7O3/c1-17(2)36-16-21-23(33-9-11-34(12-10-33)27(38)39-28(4,5)6)8-7-20(24(21)32-36)26(37)31-19-13-22(29)25-30-18(3)14-35(25)15-19/h7-8,13-16H,1,9-12H2,2-6H3,(H,31,37). The molecule has 0 saturated carbocycles. The van der Waals surface area contributed by atoms with E-state index in [1.807, 2.05) is 40.0 Å². The highest BCUT2D eigenvalue weighted by Crippen LogP contribution is 2.31. The van der Waals surface area contributed by atoms with Crippen LogP contribution in [0.15, 0.2) is 43.4 Å². The van der Waals surface area contributed by atoms with Gasteiger partial charge in [0.2, 0.25) is 0 Å². The van der Waals surface area contributed by atoms with E-state index in [4.69, 9.17) is 4.74 Å². The zero-order chi connectivity index (χ0) is 28.1. The van der Waals surface area contributed by atoms with Crippen LogP contribution in [0.5, 0.6) is 0 Å². The molecule has 1 aromatic carbocycles. The van der Waals surface area contributed by atoms with E-state index in [1.54, 1.807) is 39.4 Å². The Balaban J connectivity index is 1.42. The van der Waals surface area contributed by atoms with Gasteiger partial charge in [-0.2, -0.15) is 5.10 Å². The highest BCUT2D eigenvalue weighted by Gasteiger charge is 2.27. The quantitative estimate of drug-likeness (QED) is 0.400. The summed E-state index contributed by atoms with van der Waals surface area (Å²) in [5, 5.41) is 8.22. The molecule has 2 amide bonds. The second-order valence-corrected chi connectivity index (χ2v) is 10.8. The van der Waals surface area contributed by atoms with E-state index in [-0.39, 0.29) is 11.7 Å². The van der Waals surface area contributed by atoms with Gasteiger partial charge < -0.3 is 24.3 Å². The average Bonchev–Trinajstić information content (AvgIpc) is 3.46. The fourth-order valence-electron chi connectivity index (χ4n) is 4.65. The molecular weight excluding hydrogens is 501 g/mol. The molecule has 10 nitrogen and oxygen atoms in total. The van der Waals surface area contributed by atoms with Crippen LogP contribution in [0.2, 0.25) is 0 Å². The van der Waals surface area contributed by atoms with Crippen molar-refractivity contribution in [2.24, 2.45) is 0 Å². The van der Waals surface area contributed by atoms with Gasteiger partial charge in [0.05, 0.1) is 16.9 Å². The number of carbonyl (C=O) groups is 2. The topological polar surface area (TPSA) is 97.0 Å². The molecule has 4 heterocycles. The molecule has 0 radical (unpaired) electrons. The number of amides is 2. The van der Waals surface area contributed by atoms with Crippen LogP contribution in [-0.2, 0) is 4.74 Å². The predicted molar refractivity (Wildman–Crippen MR) is 149 cm³/mol. The molecule has 1 saturated heterocycles. The van der Waals surface area contributed by atoms with Crippen molar-refractivity contribution in [1.82, 2.24) is 24.1 Å². The Morgan fingerprint density at radius 3 is 2.49 bits per heavy atom. The summed E-state index contributed by atoms with van der Waals surface area (Å²) >= 11 is 0. The Hall–Kier alpha value is -4.41. The van der Waals surface area contributed by atoms with Crippen molar-refractivity contribution in [3.8, 4) is 0 Å². The summed E-state index contributed by atoms with van der Waals surface area (Å²) in [6.07, 6.45) is 4.84. The Bertz CT molecular complexity index is 1610. The first-order valence-electron chi connectivity index (χ1n) is 12.8. The zero-order valence-corrected chi connectivity index (χ0v) is 22.8. The van der Waals surface area contributed by atoms with E-state index >= 15 is 0 Å². The number of ether oxygens (including phenoxy) is 1. The fraction of sp³-hybridized carbons (Fsp3) is 0.357. The van der Waals surface area contributed by atoms with Gasteiger partial charge in [-0.15, -0.1) is 0 Å². The van der Waals surface area contributed by atoms with Crippen molar-refractivity contribution in [1.29, 1.82) is 0 Å². The lowest BCUT2D eigenvalue weighted by atomic mass is 10.1. The minimum absolute atomic E-state index is 0.198. The van der Waals surface area contributed by atoms with Crippen LogP contribution in [0, 0.1) is 12.7 Å². The van der Waals surface area contributed by atoms with Crippen LogP contribution in [-0.4, -0.2) is 67.8 Å². The van der Waals surface area contributed by atoms with Crippen LogP contribution in [0.4, 0.5) is 20.6 Å². The van der Waals surface area contributed by atoms with Gasteiger partial charge in [-0.1, -0.05) is 6.58 Å². The Morgan fingerprint density at radius 1 is 1.10 bits per heavy atom. The van der Waals surface area contributed by atoms with Gasteiger partial charge in [0.1, 0.15) is 11.1 Å². The maximum absolute atomic E-state index is 14.6. The van der Waals surface area contributed by atoms with Crippen molar-refractivity contribution >= 4 is 45.6 Å². The lowest BCUT2D eigenvalue weighted by Gasteiger charge is -2.37. The number of allylic oxidation sites excluding steroid dienone is 1. The number of benzene rings is 1. The average molecular weight is 534 g/mol. The summed E-state index contributed by atoms with van der Waals surface area (Å²) in [5.74, 6) is -0.942. The summed E-state index contributed by atoms with van der Waals surface area (Å²) in [6.45, 7) is 15.4. The van der Waals surface area contributed by atoms with Gasteiger partial charge >= 0.3 is 6.09 Å². The molecule has 0 unspecified atom stereocenters. The SMILES string of the molecule is C=C(C)n1cc2c(N3CCN(C(=O)OC(C)(C)C)CC3)ccc(C(=O)Nc3cc(F)c4nc(C)cn4c3)c2n1.